The number of aliphatic imine (C=N–C) groups is 1. The van der Waals surface area contributed by atoms with E-state index in [1.54, 1.807) is 11.2 Å². The van der Waals surface area contributed by atoms with E-state index in [0.29, 0.717) is 32.8 Å². The monoisotopic (exact) mass is 569 g/mol. The minimum atomic E-state index is -0.224. The van der Waals surface area contributed by atoms with E-state index in [1.165, 1.54) is 11.1 Å². The number of carbonyl (C=O) groups is 1. The Kier molecular flexibility index (Phi) is 11.4. The summed E-state index contributed by atoms with van der Waals surface area (Å²) in [5.74, 6) is 1.76. The molecule has 1 fully saturated rings. The molecule has 2 aromatic rings. The molecule has 0 aliphatic carbocycles. The highest BCUT2D eigenvalue weighted by Crippen LogP contribution is 2.12. The molecule has 0 atom stereocenters. The van der Waals surface area contributed by atoms with Crippen LogP contribution in [-0.2, 0) is 24.2 Å². The molecule has 1 aromatic carbocycles. The van der Waals surface area contributed by atoms with Crippen LogP contribution in [0.15, 0.2) is 35.6 Å². The van der Waals surface area contributed by atoms with Crippen molar-refractivity contribution in [2.24, 2.45) is 4.99 Å². The van der Waals surface area contributed by atoms with E-state index in [9.17, 15) is 4.79 Å². The molecule has 3 rings (SSSR count). The van der Waals surface area contributed by atoms with Crippen molar-refractivity contribution in [3.8, 4) is 0 Å². The normalized spacial score (nSPS) is 14.5. The number of aromatic nitrogens is 3. The van der Waals surface area contributed by atoms with E-state index >= 15 is 0 Å². The summed E-state index contributed by atoms with van der Waals surface area (Å²) in [7, 11) is 0. The molecular formula is C23H36IN7O2. The van der Waals surface area contributed by atoms with E-state index in [0.717, 1.165) is 37.6 Å². The largest absolute Gasteiger partial charge is 0.450 e. The maximum absolute atomic E-state index is 12.0. The first-order valence-electron chi connectivity index (χ1n) is 11.5. The highest BCUT2D eigenvalue weighted by molar-refractivity contribution is 14.0. The molecule has 1 amide bonds. The summed E-state index contributed by atoms with van der Waals surface area (Å²) in [6, 6.07) is 8.56. The minimum Gasteiger partial charge on any atom is -0.450 e. The van der Waals surface area contributed by atoms with Crippen molar-refractivity contribution in [3.63, 3.8) is 0 Å². The van der Waals surface area contributed by atoms with Gasteiger partial charge in [-0.25, -0.2) is 9.79 Å². The van der Waals surface area contributed by atoms with Crippen LogP contribution in [0.4, 0.5) is 4.79 Å². The van der Waals surface area contributed by atoms with Gasteiger partial charge in [-0.2, -0.15) is 0 Å². The van der Waals surface area contributed by atoms with Crippen molar-refractivity contribution in [1.29, 1.82) is 0 Å². The molecule has 10 heteroatoms. The van der Waals surface area contributed by atoms with Gasteiger partial charge in [0.25, 0.3) is 0 Å². The van der Waals surface area contributed by atoms with E-state index in [-0.39, 0.29) is 36.1 Å². The fourth-order valence-electron chi connectivity index (χ4n) is 3.75. The van der Waals surface area contributed by atoms with Gasteiger partial charge in [-0.15, -0.1) is 34.2 Å². The Morgan fingerprint density at radius 2 is 2.00 bits per heavy atom. The molecule has 0 radical (unpaired) electrons. The van der Waals surface area contributed by atoms with Gasteiger partial charge in [0.05, 0.1) is 13.2 Å². The molecule has 33 heavy (non-hydrogen) atoms. The third-order valence-corrected chi connectivity index (χ3v) is 5.69. The number of ether oxygens (including phenoxy) is 1. The van der Waals surface area contributed by atoms with Crippen molar-refractivity contribution in [3.05, 3.63) is 47.5 Å². The zero-order valence-electron chi connectivity index (χ0n) is 19.8. The molecule has 1 aliphatic heterocycles. The number of rotatable bonds is 8. The molecule has 2 N–H and O–H groups in total. The van der Waals surface area contributed by atoms with Gasteiger partial charge >= 0.3 is 6.09 Å². The van der Waals surface area contributed by atoms with Crippen molar-refractivity contribution in [2.45, 2.75) is 59.2 Å². The molecule has 1 saturated heterocycles. The number of guanidine groups is 1. The Morgan fingerprint density at radius 3 is 2.70 bits per heavy atom. The third kappa shape index (κ3) is 8.17. The highest BCUT2D eigenvalue weighted by atomic mass is 127. The lowest BCUT2D eigenvalue weighted by molar-refractivity contribution is 0.0963. The number of hydrogen-bond acceptors (Lipinski definition) is 5. The molecule has 0 unspecified atom stereocenters. The molecule has 1 aromatic heterocycles. The Labute approximate surface area is 213 Å². The van der Waals surface area contributed by atoms with E-state index < -0.39 is 0 Å². The first-order chi connectivity index (χ1) is 15.6. The van der Waals surface area contributed by atoms with Gasteiger partial charge in [0.15, 0.2) is 5.96 Å². The maximum atomic E-state index is 12.0. The SMILES string of the molecule is CCOC(=O)N1CCC(NC(=NCc2ccccc2C)NCCn2cnnc2CC)CC1.I. The van der Waals surface area contributed by atoms with Crippen molar-refractivity contribution >= 4 is 36.0 Å². The summed E-state index contributed by atoms with van der Waals surface area (Å²) >= 11 is 0. The van der Waals surface area contributed by atoms with Crippen LogP contribution < -0.4 is 10.6 Å². The average Bonchev–Trinajstić information content (AvgIpc) is 3.26. The number of piperidine rings is 1. The number of hydrogen-bond donors (Lipinski definition) is 2. The zero-order valence-corrected chi connectivity index (χ0v) is 22.1. The lowest BCUT2D eigenvalue weighted by Gasteiger charge is -2.32. The molecule has 9 nitrogen and oxygen atoms in total. The van der Waals surface area contributed by atoms with E-state index in [2.05, 4.69) is 51.4 Å². The smallest absolute Gasteiger partial charge is 0.409 e. The van der Waals surface area contributed by atoms with Crippen LogP contribution in [0, 0.1) is 6.92 Å². The fraction of sp³-hybridized carbons (Fsp3) is 0.565. The summed E-state index contributed by atoms with van der Waals surface area (Å²) < 4.78 is 7.18. The summed E-state index contributed by atoms with van der Waals surface area (Å²) in [6.45, 7) is 9.87. The molecule has 0 saturated carbocycles. The van der Waals surface area contributed by atoms with Gasteiger partial charge < -0.3 is 24.8 Å². The summed E-state index contributed by atoms with van der Waals surface area (Å²) in [6.07, 6.45) is 4.11. The van der Waals surface area contributed by atoms with Crippen LogP contribution in [0.2, 0.25) is 0 Å². The van der Waals surface area contributed by atoms with Crippen LogP contribution in [0.1, 0.15) is 43.6 Å². The van der Waals surface area contributed by atoms with Gasteiger partial charge in [0.2, 0.25) is 0 Å². The predicted octanol–water partition coefficient (Wildman–Crippen LogP) is 3.12. The number of carbonyl (C=O) groups excluding carboxylic acids is 1. The van der Waals surface area contributed by atoms with Gasteiger partial charge in [-0.3, -0.25) is 0 Å². The van der Waals surface area contributed by atoms with E-state index in [4.69, 9.17) is 9.73 Å². The van der Waals surface area contributed by atoms with Crippen LogP contribution in [0.3, 0.4) is 0 Å². The number of likely N-dealkylation sites (tertiary alicyclic amines) is 1. The van der Waals surface area contributed by atoms with Gasteiger partial charge in [-0.1, -0.05) is 31.2 Å². The second kappa shape index (κ2) is 14.0. The molecule has 0 spiro atoms. The van der Waals surface area contributed by atoms with Crippen LogP contribution in [0.5, 0.6) is 0 Å². The third-order valence-electron chi connectivity index (χ3n) is 5.69. The summed E-state index contributed by atoms with van der Waals surface area (Å²) in [5, 5.41) is 15.2. The highest BCUT2D eigenvalue weighted by Gasteiger charge is 2.24. The maximum Gasteiger partial charge on any atom is 0.409 e. The topological polar surface area (TPSA) is 96.7 Å². The van der Waals surface area contributed by atoms with Gasteiger partial charge in [0, 0.05) is 38.6 Å². The Morgan fingerprint density at radius 1 is 1.24 bits per heavy atom. The van der Waals surface area contributed by atoms with Crippen molar-refractivity contribution in [1.82, 2.24) is 30.3 Å². The Bertz CT molecular complexity index is 894. The lowest BCUT2D eigenvalue weighted by Crippen LogP contribution is -2.50. The second-order valence-corrected chi connectivity index (χ2v) is 7.92. The summed E-state index contributed by atoms with van der Waals surface area (Å²) in [4.78, 5) is 18.6. The van der Waals surface area contributed by atoms with Crippen molar-refractivity contribution in [2.75, 3.05) is 26.2 Å². The fourth-order valence-corrected chi connectivity index (χ4v) is 3.75. The Balaban J connectivity index is 0.00000385. The van der Waals surface area contributed by atoms with E-state index in [1.807, 2.05) is 19.1 Å². The van der Waals surface area contributed by atoms with Gasteiger partial charge in [-0.05, 0) is 37.8 Å². The molecular weight excluding hydrogens is 533 g/mol. The van der Waals surface area contributed by atoms with Crippen molar-refractivity contribution < 1.29 is 9.53 Å². The first kappa shape index (κ1) is 26.9. The summed E-state index contributed by atoms with van der Waals surface area (Å²) in [5.41, 5.74) is 2.44. The number of halogens is 1. The van der Waals surface area contributed by atoms with Gasteiger partial charge in [0.1, 0.15) is 12.2 Å². The molecule has 182 valence electrons. The zero-order chi connectivity index (χ0) is 22.8. The number of benzene rings is 1. The average molecular weight is 569 g/mol. The van der Waals surface area contributed by atoms with Crippen LogP contribution in [0.25, 0.3) is 0 Å². The lowest BCUT2D eigenvalue weighted by atomic mass is 10.1. The predicted molar refractivity (Wildman–Crippen MR) is 140 cm³/mol. The Hall–Kier alpha value is -2.37. The van der Waals surface area contributed by atoms with Crippen LogP contribution >= 0.6 is 24.0 Å². The molecule has 1 aliphatic rings. The first-order valence-corrected chi connectivity index (χ1v) is 11.5. The molecule has 2 heterocycles. The standard InChI is InChI=1S/C23H35N7O2.HI/c1-4-21-28-26-17-30(21)15-12-24-22(25-16-19-9-7-6-8-18(19)3)27-20-10-13-29(14-11-20)23(31)32-5-2;/h6-9,17,20H,4-5,10-16H2,1-3H3,(H2,24,25,27);1H. The second-order valence-electron chi connectivity index (χ2n) is 7.92. The number of nitrogens with one attached hydrogen (secondary N) is 2. The minimum absolute atomic E-state index is 0. The number of nitrogens with zero attached hydrogens (tertiary/aromatic N) is 5. The molecule has 0 bridgehead atoms. The number of aryl methyl sites for hydroxylation is 2. The van der Waals surface area contributed by atoms with Crippen LogP contribution in [-0.4, -0.2) is 64.0 Å². The number of amides is 1. The quantitative estimate of drug-likeness (QED) is 0.288.